The molecule has 0 aromatic rings. The molecule has 0 aromatic heterocycles. The van der Waals surface area contributed by atoms with Crippen LogP contribution in [0.3, 0.4) is 0 Å². The molecule has 0 spiro atoms. The molecule has 0 bridgehead atoms. The Morgan fingerprint density at radius 3 is 2.09 bits per heavy atom. The lowest BCUT2D eigenvalue weighted by molar-refractivity contribution is 0.247. The zero-order valence-corrected chi connectivity index (χ0v) is 16.2. The molecule has 1 unspecified atom stereocenters. The molecular weight excluding hydrogens is 282 g/mol. The Morgan fingerprint density at radius 2 is 1.57 bits per heavy atom. The highest BCUT2D eigenvalue weighted by molar-refractivity contribution is 5.90. The molecule has 3 aliphatic rings. The van der Waals surface area contributed by atoms with Crippen LogP contribution in [0.5, 0.6) is 0 Å². The van der Waals surface area contributed by atoms with Gasteiger partial charge in [-0.15, -0.1) is 0 Å². The highest BCUT2D eigenvalue weighted by atomic mass is 15.3. The van der Waals surface area contributed by atoms with Gasteiger partial charge >= 0.3 is 0 Å². The van der Waals surface area contributed by atoms with Crippen molar-refractivity contribution in [3.63, 3.8) is 0 Å². The minimum Gasteiger partial charge on any atom is -0.332 e. The summed E-state index contributed by atoms with van der Waals surface area (Å²) in [5.41, 5.74) is 3.46. The zero-order valence-electron chi connectivity index (χ0n) is 16.2. The van der Waals surface area contributed by atoms with E-state index in [2.05, 4.69) is 58.3 Å². The second-order valence-corrected chi connectivity index (χ2v) is 9.70. The van der Waals surface area contributed by atoms with Crippen LogP contribution in [0.4, 0.5) is 0 Å². The van der Waals surface area contributed by atoms with Crippen molar-refractivity contribution in [2.45, 2.75) is 79.8 Å². The Balaban J connectivity index is 2.00. The largest absolute Gasteiger partial charge is 0.332 e. The van der Waals surface area contributed by atoms with Gasteiger partial charge in [-0.3, -0.25) is 9.89 Å². The van der Waals surface area contributed by atoms with Crippen molar-refractivity contribution in [1.82, 2.24) is 9.80 Å². The summed E-state index contributed by atoms with van der Waals surface area (Å²) in [6.45, 7) is 20.0. The molecule has 0 radical (unpaired) electrons. The van der Waals surface area contributed by atoms with Crippen LogP contribution in [-0.2, 0) is 0 Å². The maximum absolute atomic E-state index is 5.17. The van der Waals surface area contributed by atoms with Gasteiger partial charge in [0.2, 0.25) is 0 Å². The molecule has 3 rings (SSSR count). The molecule has 3 aliphatic heterocycles. The van der Waals surface area contributed by atoms with E-state index in [-0.39, 0.29) is 10.8 Å². The van der Waals surface area contributed by atoms with Crippen molar-refractivity contribution >= 4 is 5.84 Å². The maximum atomic E-state index is 5.17. The molecule has 2 fully saturated rings. The van der Waals surface area contributed by atoms with Crippen LogP contribution in [-0.4, -0.2) is 47.4 Å². The molecule has 0 saturated carbocycles. The lowest BCUT2D eigenvalue weighted by atomic mass is 9.79. The Labute approximate surface area is 142 Å². The molecule has 3 heteroatoms. The van der Waals surface area contributed by atoms with Gasteiger partial charge in [-0.05, 0) is 43.8 Å². The maximum Gasteiger partial charge on any atom is 0.109 e. The van der Waals surface area contributed by atoms with E-state index in [0.717, 1.165) is 6.54 Å². The first-order valence-electron chi connectivity index (χ1n) is 9.42. The van der Waals surface area contributed by atoms with Crippen molar-refractivity contribution in [2.75, 3.05) is 19.6 Å². The van der Waals surface area contributed by atoms with Gasteiger partial charge in [-0.25, -0.2) is 0 Å². The van der Waals surface area contributed by atoms with E-state index in [1.54, 1.807) is 11.3 Å². The van der Waals surface area contributed by atoms with Crippen LogP contribution in [0.2, 0.25) is 0 Å². The number of fused-ring (bicyclic) bond motifs is 1. The van der Waals surface area contributed by atoms with Crippen LogP contribution in [0.1, 0.15) is 67.7 Å². The van der Waals surface area contributed by atoms with E-state index in [1.165, 1.54) is 38.2 Å². The van der Waals surface area contributed by atoms with E-state index in [1.807, 2.05) is 0 Å². The smallest absolute Gasteiger partial charge is 0.109 e. The van der Waals surface area contributed by atoms with Gasteiger partial charge in [0.1, 0.15) is 5.84 Å². The average Bonchev–Trinajstić information content (AvgIpc) is 3.02. The third kappa shape index (κ3) is 3.09. The predicted molar refractivity (Wildman–Crippen MR) is 98.8 cm³/mol. The summed E-state index contributed by atoms with van der Waals surface area (Å²) < 4.78 is 0. The van der Waals surface area contributed by atoms with Gasteiger partial charge in [0.15, 0.2) is 0 Å². The van der Waals surface area contributed by atoms with Crippen molar-refractivity contribution in [2.24, 2.45) is 15.8 Å². The van der Waals surface area contributed by atoms with Gasteiger partial charge in [-0.1, -0.05) is 41.5 Å². The monoisotopic (exact) mass is 317 g/mol. The van der Waals surface area contributed by atoms with Crippen molar-refractivity contribution in [1.29, 1.82) is 0 Å². The number of aliphatic imine (C=N–C) groups is 1. The van der Waals surface area contributed by atoms with Crippen LogP contribution in [0, 0.1) is 10.8 Å². The summed E-state index contributed by atoms with van der Waals surface area (Å²) in [7, 11) is 0. The summed E-state index contributed by atoms with van der Waals surface area (Å²) >= 11 is 0. The second-order valence-electron chi connectivity index (χ2n) is 9.70. The topological polar surface area (TPSA) is 18.8 Å². The number of hydrogen-bond donors (Lipinski definition) is 0. The van der Waals surface area contributed by atoms with E-state index in [4.69, 9.17) is 4.99 Å². The number of nitrogens with zero attached hydrogens (tertiary/aromatic N) is 3. The van der Waals surface area contributed by atoms with Crippen molar-refractivity contribution in [3.8, 4) is 0 Å². The third-order valence-corrected chi connectivity index (χ3v) is 5.58. The standard InChI is InChI=1S/C20H35N3/c1-14-17(19(2,3)4)16-12-15(22-10-8-9-11-22)13-23(16)18(21-14)20(5,6)7/h14-15H,8-13H2,1-7H3/t14-,15?/m0/s1. The Morgan fingerprint density at radius 1 is 0.957 bits per heavy atom. The Kier molecular flexibility index (Phi) is 4.15. The van der Waals surface area contributed by atoms with Gasteiger partial charge in [0.25, 0.3) is 0 Å². The lowest BCUT2D eigenvalue weighted by Crippen LogP contribution is -2.44. The van der Waals surface area contributed by atoms with Gasteiger partial charge < -0.3 is 4.90 Å². The molecule has 2 saturated heterocycles. The summed E-state index contributed by atoms with van der Waals surface area (Å²) in [5.74, 6) is 1.30. The third-order valence-electron chi connectivity index (χ3n) is 5.58. The van der Waals surface area contributed by atoms with Crippen LogP contribution >= 0.6 is 0 Å². The lowest BCUT2D eigenvalue weighted by Gasteiger charge is -2.41. The first-order valence-corrected chi connectivity index (χ1v) is 9.42. The van der Waals surface area contributed by atoms with Crippen LogP contribution in [0.25, 0.3) is 0 Å². The molecule has 0 aromatic carbocycles. The predicted octanol–water partition coefficient (Wildman–Crippen LogP) is 4.30. The number of hydrogen-bond acceptors (Lipinski definition) is 3. The second kappa shape index (κ2) is 5.61. The fraction of sp³-hybridized carbons (Fsp3) is 0.850. The van der Waals surface area contributed by atoms with Crippen molar-refractivity contribution < 1.29 is 0 Å². The first-order chi connectivity index (χ1) is 10.6. The molecular formula is C20H35N3. The van der Waals surface area contributed by atoms with Gasteiger partial charge in [-0.2, -0.15) is 0 Å². The molecule has 0 N–H and O–H groups in total. The normalized spacial score (nSPS) is 30.0. The molecule has 0 amide bonds. The minimum absolute atomic E-state index is 0.114. The molecule has 130 valence electrons. The molecule has 23 heavy (non-hydrogen) atoms. The number of likely N-dealkylation sites (tertiary alicyclic amines) is 1. The molecule has 3 nitrogen and oxygen atoms in total. The number of amidine groups is 1. The summed E-state index contributed by atoms with van der Waals surface area (Å²) in [5, 5.41) is 0. The van der Waals surface area contributed by atoms with Crippen LogP contribution < -0.4 is 0 Å². The fourth-order valence-corrected chi connectivity index (χ4v) is 4.76. The highest BCUT2D eigenvalue weighted by Gasteiger charge is 2.43. The van der Waals surface area contributed by atoms with Crippen LogP contribution in [0.15, 0.2) is 16.3 Å². The summed E-state index contributed by atoms with van der Waals surface area (Å²) in [4.78, 5) is 10.5. The van der Waals surface area contributed by atoms with E-state index < -0.39 is 0 Å². The van der Waals surface area contributed by atoms with E-state index in [9.17, 15) is 0 Å². The summed E-state index contributed by atoms with van der Waals surface area (Å²) in [6.07, 6.45) is 3.96. The Bertz CT molecular complexity index is 524. The average molecular weight is 318 g/mol. The Hall–Kier alpha value is -0.830. The SMILES string of the molecule is C[C@@H]1N=C(C(C)(C)C)N2CC(N3CCCC3)CC2=C1C(C)(C)C. The van der Waals surface area contributed by atoms with Gasteiger partial charge in [0.05, 0.1) is 6.04 Å². The number of rotatable bonds is 1. The zero-order chi connectivity index (χ0) is 17.0. The quantitative estimate of drug-likeness (QED) is 0.718. The van der Waals surface area contributed by atoms with E-state index >= 15 is 0 Å². The summed E-state index contributed by atoms with van der Waals surface area (Å²) in [6, 6.07) is 0.996. The molecule has 3 heterocycles. The molecule has 2 atom stereocenters. The highest BCUT2D eigenvalue weighted by Crippen LogP contribution is 2.43. The molecule has 0 aliphatic carbocycles. The van der Waals surface area contributed by atoms with E-state index in [0.29, 0.717) is 12.1 Å². The minimum atomic E-state index is 0.114. The fourth-order valence-electron chi connectivity index (χ4n) is 4.76. The van der Waals surface area contributed by atoms with Gasteiger partial charge in [0, 0.05) is 30.1 Å². The van der Waals surface area contributed by atoms with Crippen molar-refractivity contribution in [3.05, 3.63) is 11.3 Å². The first kappa shape index (κ1) is 17.0.